The monoisotopic (exact) mass is 1600 g/mol. The predicted molar refractivity (Wildman–Crippen MR) is 465 cm³/mol. The molecule has 0 atom stereocenters. The van der Waals surface area contributed by atoms with Gasteiger partial charge in [0.05, 0.1) is 59.0 Å². The minimum absolute atomic E-state index is 0. The largest absolute Gasteiger partial charge is 1.00 e. The van der Waals surface area contributed by atoms with Crippen LogP contribution in [0.5, 0.6) is 11.5 Å². The molecule has 0 radical (unpaired) electrons. The van der Waals surface area contributed by atoms with Gasteiger partial charge in [0, 0.05) is 96.8 Å². The van der Waals surface area contributed by atoms with Crippen molar-refractivity contribution in [3.8, 4) is 34.2 Å². The summed E-state index contributed by atoms with van der Waals surface area (Å²) in [6.45, 7) is 6.31. The van der Waals surface area contributed by atoms with Crippen LogP contribution in [0.2, 0.25) is 0 Å². The van der Waals surface area contributed by atoms with E-state index in [0.29, 0.717) is 0 Å². The van der Waals surface area contributed by atoms with E-state index in [0.717, 1.165) is 176 Å². The molecule has 576 valence electrons. The molecule has 20 rings (SSSR count). The highest BCUT2D eigenvalue weighted by molar-refractivity contribution is 8.04. The second kappa shape index (κ2) is 33.3. The minimum atomic E-state index is 0. The van der Waals surface area contributed by atoms with Gasteiger partial charge in [-0.15, -0.1) is 0 Å². The summed E-state index contributed by atoms with van der Waals surface area (Å²) in [5.41, 5.74) is 17.5. The Morgan fingerprint density at radius 1 is 0.336 bits per heavy atom. The summed E-state index contributed by atoms with van der Waals surface area (Å²) in [4.78, 5) is 16.4. The first kappa shape index (κ1) is 75.8. The summed E-state index contributed by atoms with van der Waals surface area (Å²) in [6, 6.07) is 107. The van der Waals surface area contributed by atoms with Gasteiger partial charge in [0.25, 0.3) is 11.6 Å². The Hall–Kier alpha value is -12.8. The number of para-hydroxylation sites is 12. The zero-order chi connectivity index (χ0) is 76.6. The average molecular weight is 1600 g/mol. The Morgan fingerprint density at radius 2 is 0.681 bits per heavy atom. The lowest BCUT2D eigenvalue weighted by Crippen LogP contribution is -3.00. The summed E-state index contributed by atoms with van der Waals surface area (Å²) in [6.07, 6.45) is 13.1. The fourth-order valence-corrected chi connectivity index (χ4v) is 18.1. The van der Waals surface area contributed by atoms with Crippen LogP contribution in [0.25, 0.3) is 68.9 Å². The van der Waals surface area contributed by atoms with Gasteiger partial charge in [-0.3, -0.25) is 19.8 Å². The number of hydrogen-bond acceptors (Lipinski definition) is 14. The topological polar surface area (TPSA) is 86.7 Å². The summed E-state index contributed by atoms with van der Waals surface area (Å²) < 4.78 is 22.0. The molecule has 10 heterocycles. The number of rotatable bonds is 12. The number of pyridine rings is 4. The maximum absolute atomic E-state index is 6.43. The van der Waals surface area contributed by atoms with Crippen molar-refractivity contribution in [3.63, 3.8) is 0 Å². The molecule has 0 spiro atoms. The van der Waals surface area contributed by atoms with Gasteiger partial charge < -0.3 is 63.0 Å². The number of benzene rings is 10. The fraction of sp³-hybridized carbons (Fsp3) is 0.125. The Kier molecular flexibility index (Phi) is 21.8. The van der Waals surface area contributed by atoms with Crippen LogP contribution in [-0.2, 0) is 0 Å². The Bertz CT molecular complexity index is 5900. The molecule has 10 aromatic carbocycles. The Morgan fingerprint density at radius 3 is 1.07 bits per heavy atom. The lowest BCUT2D eigenvalue weighted by Gasteiger charge is -2.31. The van der Waals surface area contributed by atoms with E-state index in [-0.39, 0.29) is 24.8 Å². The van der Waals surface area contributed by atoms with Crippen LogP contribution < -0.4 is 83.8 Å². The summed E-state index contributed by atoms with van der Waals surface area (Å²) >= 11 is 3.61. The van der Waals surface area contributed by atoms with Gasteiger partial charge in [-0.2, -0.15) is 19.3 Å². The molecule has 0 aliphatic carbocycles. The van der Waals surface area contributed by atoms with Crippen molar-refractivity contribution in [1.29, 1.82) is 0 Å². The third-order valence-electron chi connectivity index (χ3n) is 21.8. The maximum atomic E-state index is 6.43. The summed E-state index contributed by atoms with van der Waals surface area (Å²) in [5.74, 6) is 5.64. The van der Waals surface area contributed by atoms with Crippen LogP contribution in [-0.4, -0.2) is 99.7 Å². The molecule has 2 saturated heterocycles. The third kappa shape index (κ3) is 15.1. The number of nitrogens with zero attached hydrogens (tertiary/aromatic N) is 14. The van der Waals surface area contributed by atoms with Crippen molar-refractivity contribution in [2.24, 2.45) is 10.2 Å². The lowest BCUT2D eigenvalue weighted by atomic mass is 10.1. The molecule has 6 aliphatic heterocycles. The van der Waals surface area contributed by atoms with Gasteiger partial charge in [-0.05, 0) is 168 Å². The van der Waals surface area contributed by atoms with E-state index in [2.05, 4.69) is 389 Å². The molecule has 2 fully saturated rings. The zero-order valence-corrected chi connectivity index (χ0v) is 67.8. The van der Waals surface area contributed by atoms with Gasteiger partial charge in [0.2, 0.25) is 11.8 Å². The van der Waals surface area contributed by atoms with Crippen molar-refractivity contribution < 1.29 is 43.4 Å². The van der Waals surface area contributed by atoms with Crippen LogP contribution >= 0.6 is 23.5 Å². The molecule has 0 amide bonds. The number of hydrogen-bond donors (Lipinski definition) is 0. The first-order chi connectivity index (χ1) is 56.1. The zero-order valence-electron chi connectivity index (χ0n) is 64.6. The number of anilines is 6. The van der Waals surface area contributed by atoms with Crippen molar-refractivity contribution in [3.05, 3.63) is 371 Å². The van der Waals surface area contributed by atoms with E-state index in [9.17, 15) is 0 Å². The SMILES string of the molecule is CN1/C(=C\c2ccn(-c3ccccc3)/c(=N\N3CCN(/N=c4/cc(/C=C5/Sc6ccccc6N5C)ccn4-c4ccccc4)CC3)c2)Sc2ccccc21.CN1C(=Cc2cc(N3CCN(c4cc(C=C5Oc6ccccc6N5C)c5ccccc5[n+]4-c4ccccc4)CC3)[n+](-c3ccccc3)c3ccccc23)Oc2ccccc21.[Cl-].[Cl-]. The van der Waals surface area contributed by atoms with Crippen LogP contribution in [0.1, 0.15) is 22.3 Å². The van der Waals surface area contributed by atoms with Crippen LogP contribution in [0.3, 0.4) is 0 Å². The molecular formula is C96H84Cl2N14O2S2. The van der Waals surface area contributed by atoms with Gasteiger partial charge in [-0.1, -0.05) is 181 Å². The van der Waals surface area contributed by atoms with E-state index in [4.69, 9.17) is 19.7 Å². The second-order valence-electron chi connectivity index (χ2n) is 28.9. The predicted octanol–water partition coefficient (Wildman–Crippen LogP) is 11.8. The summed E-state index contributed by atoms with van der Waals surface area (Å²) in [7, 11) is 8.41. The van der Waals surface area contributed by atoms with Gasteiger partial charge in [-0.25, -0.2) is 0 Å². The van der Waals surface area contributed by atoms with E-state index in [1.165, 1.54) is 31.2 Å². The smallest absolute Gasteiger partial charge is 0.283 e. The quantitative estimate of drug-likeness (QED) is 0.109. The molecular weight excluding hydrogens is 1520 g/mol. The highest BCUT2D eigenvalue weighted by atomic mass is 35.5. The maximum Gasteiger partial charge on any atom is 0.283 e. The normalized spacial score (nSPS) is 16.5. The molecule has 0 unspecified atom stereocenters. The van der Waals surface area contributed by atoms with E-state index in [1.807, 2.05) is 36.4 Å². The van der Waals surface area contributed by atoms with E-state index >= 15 is 0 Å². The number of aromatic nitrogens is 4. The standard InChI is InChI=1S/C52H44N6O2.C44H40N8S2.2ClH/c1-53-45-25-13-15-27-47(45)59-51(53)35-37-33-49(57(39-17-5-3-6-18-39)43-23-11-9-21-41(37)43)55-29-31-56(32-30-55)50-34-38(36-52-54(2)46-26-14-16-28-48(46)60-52)42-22-10-12-24-44(42)58(50)40-19-7-4-8-20-40;1-47-37-17-9-11-19-39(37)53-43(47)31-33-21-23-51(35-13-5-3-6-14-35)41(29-33)45-49-25-27-50(28-26-49)46-42-30-34(22-24-52(42)36-15-7-4-8-16-36)32-44-48(2)38-18-10-12-20-40(38)54-44;;/h3-28,33-36H,29-32H2,1-2H3;3-24,29-32H,25-28H2,1-2H3;2*1H/q+2;;;/p-2/b;43-31+,44-32+,45-41-,46-42-;;. The first-order valence-electron chi connectivity index (χ1n) is 38.8. The highest BCUT2D eigenvalue weighted by Crippen LogP contribution is 2.47. The average Bonchev–Trinajstić information content (AvgIpc) is 0.951. The number of ether oxygens (including phenoxy) is 2. The van der Waals surface area contributed by atoms with Crippen molar-refractivity contribution in [1.82, 2.24) is 19.2 Å². The molecule has 16 nitrogen and oxygen atoms in total. The molecule has 4 aromatic heterocycles. The van der Waals surface area contributed by atoms with Crippen LogP contribution in [0.4, 0.5) is 34.4 Å². The van der Waals surface area contributed by atoms with Gasteiger partial charge in [0.15, 0.2) is 22.5 Å². The fourth-order valence-electron chi connectivity index (χ4n) is 15.9. The Balaban J connectivity index is 0.000000165. The molecule has 116 heavy (non-hydrogen) atoms. The molecule has 20 heteroatoms. The second-order valence-corrected chi connectivity index (χ2v) is 31.0. The molecule has 0 bridgehead atoms. The molecule has 14 aromatic rings. The first-order valence-corrected chi connectivity index (χ1v) is 40.4. The van der Waals surface area contributed by atoms with Crippen molar-refractivity contribution in [2.75, 3.05) is 110 Å². The minimum Gasteiger partial charge on any atom is -1.00 e. The van der Waals surface area contributed by atoms with E-state index in [1.54, 1.807) is 23.5 Å². The number of fused-ring (bicyclic) bond motifs is 6. The van der Waals surface area contributed by atoms with Crippen molar-refractivity contribution in [2.45, 2.75) is 9.79 Å². The van der Waals surface area contributed by atoms with Crippen LogP contribution in [0, 0.1) is 0 Å². The summed E-state index contributed by atoms with van der Waals surface area (Å²) in [5, 5.41) is 19.6. The molecule has 0 N–H and O–H groups in total. The van der Waals surface area contributed by atoms with Crippen LogP contribution in [0.15, 0.2) is 358 Å². The third-order valence-corrected chi connectivity index (χ3v) is 24.2. The Labute approximate surface area is 696 Å². The van der Waals surface area contributed by atoms with Gasteiger partial charge in [0.1, 0.15) is 48.6 Å². The number of piperazine rings is 2. The molecule has 6 aliphatic rings. The highest BCUT2D eigenvalue weighted by Gasteiger charge is 2.36. The number of thioether (sulfide) groups is 2. The molecule has 0 saturated carbocycles. The van der Waals surface area contributed by atoms with Crippen molar-refractivity contribution >= 4 is 104 Å². The lowest BCUT2D eigenvalue weighted by molar-refractivity contribution is -0.555. The van der Waals surface area contributed by atoms with E-state index < -0.39 is 0 Å². The number of halogens is 2. The van der Waals surface area contributed by atoms with Gasteiger partial charge >= 0.3 is 0 Å².